The zero-order valence-electron chi connectivity index (χ0n) is 14.0. The Hall–Kier alpha value is -1.12. The van der Waals surface area contributed by atoms with Gasteiger partial charge in [-0.05, 0) is 44.9 Å². The summed E-state index contributed by atoms with van der Waals surface area (Å²) in [6.07, 6.45) is 6.30. The van der Waals surface area contributed by atoms with Gasteiger partial charge in [0.15, 0.2) is 0 Å². The minimum absolute atomic E-state index is 0.0227. The van der Waals surface area contributed by atoms with Crippen molar-refractivity contribution in [2.24, 2.45) is 5.92 Å². The molecule has 0 aromatic rings. The van der Waals surface area contributed by atoms with Crippen LogP contribution in [0.4, 0.5) is 0 Å². The summed E-state index contributed by atoms with van der Waals surface area (Å²) in [6.45, 7) is 8.26. The third-order valence-electron chi connectivity index (χ3n) is 4.21. The maximum Gasteiger partial charge on any atom is 0.334 e. The highest BCUT2D eigenvalue weighted by Gasteiger charge is 2.22. The van der Waals surface area contributed by atoms with E-state index >= 15 is 0 Å². The number of ether oxygens (including phenoxy) is 1. The third kappa shape index (κ3) is 6.03. The lowest BCUT2D eigenvalue weighted by molar-refractivity contribution is -0.145. The van der Waals surface area contributed by atoms with Crippen LogP contribution in [0.3, 0.4) is 0 Å². The van der Waals surface area contributed by atoms with E-state index in [0.717, 1.165) is 43.3 Å². The molecule has 3 heteroatoms. The fraction of sp³-hybridized carbons (Fsp3) is 0.778. The van der Waals surface area contributed by atoms with Gasteiger partial charge >= 0.3 is 5.97 Å². The number of allylic oxidation sites excluding steroid dienone is 1. The molecule has 3 nitrogen and oxygen atoms in total. The molecule has 1 aliphatic carbocycles. The second-order valence-electron chi connectivity index (χ2n) is 6.39. The van der Waals surface area contributed by atoms with Crippen LogP contribution < -0.4 is 0 Å². The first-order chi connectivity index (χ1) is 9.97. The van der Waals surface area contributed by atoms with Crippen LogP contribution >= 0.6 is 0 Å². The van der Waals surface area contributed by atoms with E-state index in [1.54, 1.807) is 0 Å². The fourth-order valence-electron chi connectivity index (χ4n) is 3.05. The van der Waals surface area contributed by atoms with Gasteiger partial charge in [-0.1, -0.05) is 32.8 Å². The Kier molecular flexibility index (Phi) is 7.69. The summed E-state index contributed by atoms with van der Waals surface area (Å²) in [4.78, 5) is 24.2. The molecule has 21 heavy (non-hydrogen) atoms. The predicted octanol–water partition coefficient (Wildman–Crippen LogP) is 4.59. The summed E-state index contributed by atoms with van der Waals surface area (Å²) in [6, 6.07) is 0. The topological polar surface area (TPSA) is 43.4 Å². The van der Waals surface area contributed by atoms with Gasteiger partial charge in [0.1, 0.15) is 11.9 Å². The predicted molar refractivity (Wildman–Crippen MR) is 85.0 cm³/mol. The summed E-state index contributed by atoms with van der Waals surface area (Å²) in [5, 5.41) is 0. The van der Waals surface area contributed by atoms with E-state index in [-0.39, 0.29) is 12.1 Å². The number of carbonyl (C=O) groups is 2. The molecule has 0 aromatic carbocycles. The summed E-state index contributed by atoms with van der Waals surface area (Å²) < 4.78 is 5.67. The lowest BCUT2D eigenvalue weighted by Crippen LogP contribution is -2.19. The highest BCUT2D eigenvalue weighted by atomic mass is 16.5. The van der Waals surface area contributed by atoms with Gasteiger partial charge in [0.25, 0.3) is 0 Å². The van der Waals surface area contributed by atoms with Crippen LogP contribution in [0.2, 0.25) is 0 Å². The van der Waals surface area contributed by atoms with Crippen molar-refractivity contribution in [3.8, 4) is 0 Å². The first-order valence-corrected chi connectivity index (χ1v) is 8.39. The summed E-state index contributed by atoms with van der Waals surface area (Å²) >= 11 is 0. The highest BCUT2D eigenvalue weighted by molar-refractivity contribution is 5.89. The molecule has 2 atom stereocenters. The normalized spacial score (nSPS) is 22.3. The lowest BCUT2D eigenvalue weighted by atomic mass is 9.94. The Balaban J connectivity index is 2.80. The van der Waals surface area contributed by atoms with Gasteiger partial charge in [0.05, 0.1) is 0 Å². The van der Waals surface area contributed by atoms with Crippen molar-refractivity contribution in [1.29, 1.82) is 0 Å². The van der Waals surface area contributed by atoms with Crippen LogP contribution in [0.25, 0.3) is 0 Å². The Bertz CT molecular complexity index is 395. The van der Waals surface area contributed by atoms with Crippen LogP contribution in [0, 0.1) is 5.92 Å². The van der Waals surface area contributed by atoms with Crippen molar-refractivity contribution in [2.45, 2.75) is 85.2 Å². The van der Waals surface area contributed by atoms with Crippen LogP contribution in [-0.4, -0.2) is 17.9 Å². The molecular weight excluding hydrogens is 264 g/mol. The molecule has 1 unspecified atom stereocenters. The molecule has 0 aromatic heterocycles. The van der Waals surface area contributed by atoms with Crippen molar-refractivity contribution in [2.75, 3.05) is 0 Å². The van der Waals surface area contributed by atoms with Crippen molar-refractivity contribution in [1.82, 2.24) is 0 Å². The van der Waals surface area contributed by atoms with Gasteiger partial charge in [-0.2, -0.15) is 0 Å². The average Bonchev–Trinajstić information content (AvgIpc) is 2.47. The summed E-state index contributed by atoms with van der Waals surface area (Å²) in [5.41, 5.74) is 1.92. The summed E-state index contributed by atoms with van der Waals surface area (Å²) in [5.74, 6) is 0.479. The largest absolute Gasteiger partial charge is 0.459 e. The second-order valence-corrected chi connectivity index (χ2v) is 6.39. The van der Waals surface area contributed by atoms with E-state index in [9.17, 15) is 9.59 Å². The van der Waals surface area contributed by atoms with Crippen molar-refractivity contribution in [3.63, 3.8) is 0 Å². The molecule has 0 saturated carbocycles. The van der Waals surface area contributed by atoms with E-state index in [4.69, 9.17) is 4.74 Å². The van der Waals surface area contributed by atoms with Crippen molar-refractivity contribution in [3.05, 3.63) is 11.1 Å². The van der Waals surface area contributed by atoms with E-state index in [1.807, 2.05) is 6.92 Å². The Morgan fingerprint density at radius 2 is 2.00 bits per heavy atom. The van der Waals surface area contributed by atoms with Crippen molar-refractivity contribution < 1.29 is 14.3 Å². The number of ketones is 1. The van der Waals surface area contributed by atoms with Gasteiger partial charge in [-0.15, -0.1) is 0 Å². The smallest absolute Gasteiger partial charge is 0.334 e. The first kappa shape index (κ1) is 17.9. The molecule has 0 N–H and O–H groups in total. The average molecular weight is 294 g/mol. The standard InChI is InChI=1S/C18H30O3/c1-5-8-16(6-2)21-18(20)17-10-7-9-15(19)12-13(3)11-14(17)4/h13,16H,5-12H2,1-4H3/t13?,16-/m1/s1. The Morgan fingerprint density at radius 1 is 1.29 bits per heavy atom. The van der Waals surface area contributed by atoms with Crippen LogP contribution in [-0.2, 0) is 14.3 Å². The van der Waals surface area contributed by atoms with Gasteiger partial charge in [-0.3, -0.25) is 4.79 Å². The van der Waals surface area contributed by atoms with E-state index < -0.39 is 0 Å². The number of hydrogen-bond acceptors (Lipinski definition) is 3. The van der Waals surface area contributed by atoms with Crippen LogP contribution in [0.1, 0.15) is 79.1 Å². The molecule has 0 fully saturated rings. The molecule has 120 valence electrons. The molecule has 0 bridgehead atoms. The minimum atomic E-state index is -0.158. The van der Waals surface area contributed by atoms with Gasteiger partial charge in [-0.25, -0.2) is 4.79 Å². The second kappa shape index (κ2) is 9.01. The Labute approximate surface area is 129 Å². The quantitative estimate of drug-likeness (QED) is 0.696. The monoisotopic (exact) mass is 294 g/mol. The zero-order valence-corrected chi connectivity index (χ0v) is 14.0. The highest BCUT2D eigenvalue weighted by Crippen LogP contribution is 2.26. The molecule has 0 spiro atoms. The summed E-state index contributed by atoms with van der Waals surface area (Å²) in [7, 11) is 0. The zero-order chi connectivity index (χ0) is 15.8. The fourth-order valence-corrected chi connectivity index (χ4v) is 3.05. The molecule has 1 aliphatic rings. The van der Waals surface area contributed by atoms with E-state index in [0.29, 0.717) is 31.0 Å². The Morgan fingerprint density at radius 3 is 2.62 bits per heavy atom. The third-order valence-corrected chi connectivity index (χ3v) is 4.21. The minimum Gasteiger partial charge on any atom is -0.459 e. The van der Waals surface area contributed by atoms with Gasteiger partial charge < -0.3 is 4.74 Å². The van der Waals surface area contributed by atoms with E-state index in [2.05, 4.69) is 20.8 Å². The number of rotatable bonds is 5. The van der Waals surface area contributed by atoms with E-state index in [1.165, 1.54) is 0 Å². The van der Waals surface area contributed by atoms with Gasteiger partial charge in [0.2, 0.25) is 0 Å². The lowest BCUT2D eigenvalue weighted by Gasteiger charge is -2.18. The van der Waals surface area contributed by atoms with Crippen LogP contribution in [0.5, 0.6) is 0 Å². The molecular formula is C18H30O3. The number of hydrogen-bond donors (Lipinski definition) is 0. The van der Waals surface area contributed by atoms with Crippen molar-refractivity contribution >= 4 is 11.8 Å². The maximum absolute atomic E-state index is 12.5. The molecule has 0 saturated heterocycles. The molecule has 0 amide bonds. The maximum atomic E-state index is 12.5. The number of esters is 1. The SMILES string of the molecule is CCC[C@@H](CC)OC(=O)C1=C(C)CC(C)CC(=O)CCC1. The number of Topliss-reactive ketones (excluding diaryl/α,β-unsaturated/α-hetero) is 1. The van der Waals surface area contributed by atoms with Gasteiger partial charge in [0, 0.05) is 18.4 Å². The first-order valence-electron chi connectivity index (χ1n) is 8.39. The molecule has 0 heterocycles. The molecule has 0 aliphatic heterocycles. The van der Waals surface area contributed by atoms with Crippen LogP contribution in [0.15, 0.2) is 11.1 Å². The molecule has 1 rings (SSSR count). The molecule has 0 radical (unpaired) electrons. The number of carbonyl (C=O) groups excluding carboxylic acids is 2.